The zero-order chi connectivity index (χ0) is 13.2. The highest BCUT2D eigenvalue weighted by Crippen LogP contribution is 2.20. The fraction of sp³-hybridized carbons (Fsp3) is 0.125. The van der Waals surface area contributed by atoms with Crippen molar-refractivity contribution in [3.05, 3.63) is 65.9 Å². The lowest BCUT2D eigenvalue weighted by Gasteiger charge is -2.07. The van der Waals surface area contributed by atoms with Gasteiger partial charge in [0.05, 0.1) is 6.61 Å². The summed E-state index contributed by atoms with van der Waals surface area (Å²) in [6, 6.07) is 16.1. The summed E-state index contributed by atoms with van der Waals surface area (Å²) in [6.07, 6.45) is 2.07. The Bertz CT molecular complexity index is 698. The summed E-state index contributed by atoms with van der Waals surface area (Å²) in [5.74, 6) is 0. The van der Waals surface area contributed by atoms with E-state index in [2.05, 4.69) is 29.0 Å². The Labute approximate surface area is 111 Å². The summed E-state index contributed by atoms with van der Waals surface area (Å²) in [4.78, 5) is 0. The third kappa shape index (κ3) is 2.33. The molecule has 3 rings (SSSR count). The number of aliphatic hydroxyl groups excluding tert-OH is 1. The molecule has 96 valence electrons. The van der Waals surface area contributed by atoms with E-state index in [1.165, 1.54) is 11.1 Å². The Morgan fingerprint density at radius 1 is 0.947 bits per heavy atom. The molecule has 0 unspecified atom stereocenters. The predicted octanol–water partition coefficient (Wildman–Crippen LogP) is 2.76. The summed E-state index contributed by atoms with van der Waals surface area (Å²) in [6.45, 7) is 0.908. The van der Waals surface area contributed by atoms with E-state index in [0.717, 1.165) is 23.2 Å². The summed E-state index contributed by atoms with van der Waals surface area (Å²) >= 11 is 0. The minimum absolute atomic E-state index is 0.0893. The van der Waals surface area contributed by atoms with Crippen LogP contribution in [0, 0.1) is 0 Å². The number of nitrogen functional groups attached to an aromatic ring is 1. The summed E-state index contributed by atoms with van der Waals surface area (Å²) in [5.41, 5.74) is 9.91. The van der Waals surface area contributed by atoms with Gasteiger partial charge in [0.1, 0.15) is 0 Å². The van der Waals surface area contributed by atoms with Gasteiger partial charge in [0.2, 0.25) is 0 Å². The van der Waals surface area contributed by atoms with Gasteiger partial charge in [0.15, 0.2) is 0 Å². The van der Waals surface area contributed by atoms with Crippen molar-refractivity contribution >= 4 is 16.6 Å². The van der Waals surface area contributed by atoms with Crippen molar-refractivity contribution in [1.82, 2.24) is 4.57 Å². The van der Waals surface area contributed by atoms with E-state index in [1.807, 2.05) is 30.3 Å². The van der Waals surface area contributed by atoms with Crippen molar-refractivity contribution in [1.29, 1.82) is 0 Å². The molecule has 3 nitrogen and oxygen atoms in total. The molecule has 1 aromatic heterocycles. The monoisotopic (exact) mass is 252 g/mol. The first-order chi connectivity index (χ1) is 9.26. The molecule has 2 aromatic carbocycles. The normalized spacial score (nSPS) is 11.0. The molecule has 0 aliphatic carbocycles. The molecule has 0 atom stereocenters. The van der Waals surface area contributed by atoms with Crippen LogP contribution < -0.4 is 5.73 Å². The molecule has 19 heavy (non-hydrogen) atoms. The number of hydrogen-bond donors (Lipinski definition) is 2. The minimum Gasteiger partial charge on any atom is -0.399 e. The molecule has 0 bridgehead atoms. The van der Waals surface area contributed by atoms with Crippen LogP contribution >= 0.6 is 0 Å². The van der Waals surface area contributed by atoms with E-state index in [9.17, 15) is 0 Å². The van der Waals surface area contributed by atoms with Gasteiger partial charge >= 0.3 is 0 Å². The average molecular weight is 252 g/mol. The maximum atomic E-state index is 9.04. The van der Waals surface area contributed by atoms with Crippen LogP contribution in [0.25, 0.3) is 10.9 Å². The van der Waals surface area contributed by atoms with Crippen molar-refractivity contribution in [2.24, 2.45) is 0 Å². The third-order valence-corrected chi connectivity index (χ3v) is 3.35. The summed E-state index contributed by atoms with van der Waals surface area (Å²) in [7, 11) is 0. The smallest absolute Gasteiger partial charge is 0.0681 e. The van der Waals surface area contributed by atoms with Gasteiger partial charge in [0, 0.05) is 29.3 Å². The van der Waals surface area contributed by atoms with Crippen LogP contribution in [-0.2, 0) is 13.2 Å². The van der Waals surface area contributed by atoms with Crippen LogP contribution in [0.1, 0.15) is 11.1 Å². The van der Waals surface area contributed by atoms with E-state index < -0.39 is 0 Å². The van der Waals surface area contributed by atoms with E-state index in [0.29, 0.717) is 0 Å². The van der Waals surface area contributed by atoms with Crippen LogP contribution in [0.2, 0.25) is 0 Å². The highest BCUT2D eigenvalue weighted by atomic mass is 16.3. The van der Waals surface area contributed by atoms with Crippen molar-refractivity contribution in [2.75, 3.05) is 5.73 Å². The highest BCUT2D eigenvalue weighted by molar-refractivity contribution is 5.83. The molecular formula is C16H16N2O. The Morgan fingerprint density at radius 3 is 2.42 bits per heavy atom. The minimum atomic E-state index is 0.0893. The zero-order valence-corrected chi connectivity index (χ0v) is 10.6. The molecule has 0 amide bonds. The maximum absolute atomic E-state index is 9.04. The molecule has 0 aliphatic rings. The van der Waals surface area contributed by atoms with E-state index in [1.54, 1.807) is 0 Å². The molecule has 0 fully saturated rings. The number of benzene rings is 2. The largest absolute Gasteiger partial charge is 0.399 e. The number of fused-ring (bicyclic) bond motifs is 1. The number of rotatable bonds is 3. The Kier molecular flexibility index (Phi) is 2.97. The van der Waals surface area contributed by atoms with Crippen molar-refractivity contribution in [3.8, 4) is 0 Å². The first kappa shape index (κ1) is 11.8. The third-order valence-electron chi connectivity index (χ3n) is 3.35. The molecule has 0 radical (unpaired) electrons. The van der Waals surface area contributed by atoms with Crippen LogP contribution in [0.3, 0.4) is 0 Å². The van der Waals surface area contributed by atoms with Crippen LogP contribution in [0.5, 0.6) is 0 Å². The average Bonchev–Trinajstić information content (AvgIpc) is 2.82. The number of nitrogens with zero attached hydrogens (tertiary/aromatic N) is 1. The standard InChI is InChI=1S/C16H16N2O/c17-15-5-6-16-14(9-15)7-8-18(16)10-12-1-3-13(11-19)4-2-12/h1-9,19H,10-11,17H2. The van der Waals surface area contributed by atoms with E-state index >= 15 is 0 Å². The van der Waals surface area contributed by atoms with Gasteiger partial charge in [-0.3, -0.25) is 0 Å². The Hall–Kier alpha value is -2.26. The van der Waals surface area contributed by atoms with Crippen molar-refractivity contribution in [3.63, 3.8) is 0 Å². The number of hydrogen-bond acceptors (Lipinski definition) is 2. The summed E-state index contributed by atoms with van der Waals surface area (Å²) in [5, 5.41) is 10.2. The van der Waals surface area contributed by atoms with Gasteiger partial charge in [-0.25, -0.2) is 0 Å². The first-order valence-electron chi connectivity index (χ1n) is 6.29. The quantitative estimate of drug-likeness (QED) is 0.704. The lowest BCUT2D eigenvalue weighted by atomic mass is 10.1. The molecule has 1 heterocycles. The van der Waals surface area contributed by atoms with Gasteiger partial charge in [0.25, 0.3) is 0 Å². The summed E-state index contributed by atoms with van der Waals surface area (Å²) < 4.78 is 2.20. The SMILES string of the molecule is Nc1ccc2c(ccn2Cc2ccc(CO)cc2)c1. The molecule has 3 heteroatoms. The molecule has 0 aliphatic heterocycles. The Morgan fingerprint density at radius 2 is 1.68 bits per heavy atom. The molecule has 3 N–H and O–H groups in total. The number of nitrogens with two attached hydrogens (primary N) is 1. The van der Waals surface area contributed by atoms with Crippen molar-refractivity contribution in [2.45, 2.75) is 13.2 Å². The van der Waals surface area contributed by atoms with Gasteiger partial charge < -0.3 is 15.4 Å². The van der Waals surface area contributed by atoms with E-state index in [4.69, 9.17) is 10.8 Å². The van der Waals surface area contributed by atoms with Gasteiger partial charge in [-0.15, -0.1) is 0 Å². The molecular weight excluding hydrogens is 236 g/mol. The second-order valence-electron chi connectivity index (χ2n) is 4.74. The van der Waals surface area contributed by atoms with Gasteiger partial charge in [-0.1, -0.05) is 24.3 Å². The van der Waals surface area contributed by atoms with Crippen LogP contribution in [0.15, 0.2) is 54.7 Å². The van der Waals surface area contributed by atoms with Crippen LogP contribution in [-0.4, -0.2) is 9.67 Å². The topological polar surface area (TPSA) is 51.2 Å². The highest BCUT2D eigenvalue weighted by Gasteiger charge is 2.02. The lowest BCUT2D eigenvalue weighted by molar-refractivity contribution is 0.282. The Balaban J connectivity index is 1.92. The second kappa shape index (κ2) is 4.78. The van der Waals surface area contributed by atoms with Crippen LogP contribution in [0.4, 0.5) is 5.69 Å². The molecule has 3 aromatic rings. The second-order valence-corrected chi connectivity index (χ2v) is 4.74. The first-order valence-corrected chi connectivity index (χ1v) is 6.29. The fourth-order valence-corrected chi connectivity index (χ4v) is 2.30. The fourth-order valence-electron chi connectivity index (χ4n) is 2.30. The molecule has 0 saturated carbocycles. The lowest BCUT2D eigenvalue weighted by Crippen LogP contribution is -1.98. The number of aromatic nitrogens is 1. The number of aliphatic hydroxyl groups is 1. The predicted molar refractivity (Wildman–Crippen MR) is 77.8 cm³/mol. The maximum Gasteiger partial charge on any atom is 0.0681 e. The molecule has 0 spiro atoms. The zero-order valence-electron chi connectivity index (χ0n) is 10.6. The van der Waals surface area contributed by atoms with Gasteiger partial charge in [-0.2, -0.15) is 0 Å². The molecule has 0 saturated heterocycles. The van der Waals surface area contributed by atoms with E-state index in [-0.39, 0.29) is 6.61 Å². The van der Waals surface area contributed by atoms with Crippen molar-refractivity contribution < 1.29 is 5.11 Å². The number of anilines is 1. The van der Waals surface area contributed by atoms with Gasteiger partial charge in [-0.05, 0) is 35.4 Å².